The molecule has 0 spiro atoms. The van der Waals surface area contributed by atoms with Crippen LogP contribution < -0.4 is 9.50 Å². The lowest BCUT2D eigenvalue weighted by Crippen LogP contribution is -2.30. The Morgan fingerprint density at radius 1 is 1.33 bits per heavy atom. The van der Waals surface area contributed by atoms with E-state index in [0.29, 0.717) is 36.1 Å². The predicted octanol–water partition coefficient (Wildman–Crippen LogP) is 2.63. The lowest BCUT2D eigenvalue weighted by atomic mass is 10.2. The third-order valence-electron chi connectivity index (χ3n) is 3.97. The van der Waals surface area contributed by atoms with E-state index in [1.165, 1.54) is 17.2 Å². The molecule has 2 N–H and O–H groups in total. The van der Waals surface area contributed by atoms with Gasteiger partial charge in [-0.25, -0.2) is 4.79 Å². The lowest BCUT2D eigenvalue weighted by Gasteiger charge is -2.15. The van der Waals surface area contributed by atoms with Gasteiger partial charge in [0.15, 0.2) is 0 Å². The van der Waals surface area contributed by atoms with E-state index < -0.39 is 27.5 Å². The highest BCUT2D eigenvalue weighted by Gasteiger charge is 2.48. The molecule has 1 aliphatic heterocycles. The number of benzene rings is 1. The van der Waals surface area contributed by atoms with Crippen LogP contribution >= 0.6 is 0 Å². The number of hydrogen-bond acceptors (Lipinski definition) is 6. The number of carbonyl (C=O) groups is 1. The molecule has 8 nitrogen and oxygen atoms in total. The first-order chi connectivity index (χ1) is 12.5. The van der Waals surface area contributed by atoms with E-state index in [-0.39, 0.29) is 6.04 Å². The summed E-state index contributed by atoms with van der Waals surface area (Å²) in [6.07, 6.45) is 1.08. The fourth-order valence-corrected chi connectivity index (χ4v) is 3.15. The fraction of sp³-hybridized carbons (Fsp3) is 0.333. The van der Waals surface area contributed by atoms with Gasteiger partial charge in [-0.15, -0.1) is 0 Å². The van der Waals surface area contributed by atoms with Crippen LogP contribution in [0, 0.1) is 0 Å². The summed E-state index contributed by atoms with van der Waals surface area (Å²) in [7, 11) is -5.76. The molecule has 2 heterocycles. The monoisotopic (exact) mass is 405 g/mol. The zero-order valence-electron chi connectivity index (χ0n) is 13.6. The van der Waals surface area contributed by atoms with E-state index in [1.54, 1.807) is 6.07 Å². The van der Waals surface area contributed by atoms with E-state index >= 15 is 0 Å². The summed E-state index contributed by atoms with van der Waals surface area (Å²) in [6, 6.07) is 4.98. The van der Waals surface area contributed by atoms with E-state index in [4.69, 9.17) is 5.11 Å². The molecule has 1 fully saturated rings. The molecule has 1 aliphatic rings. The van der Waals surface area contributed by atoms with Crippen LogP contribution in [0.15, 0.2) is 30.5 Å². The first-order valence-electron chi connectivity index (χ1n) is 7.70. The summed E-state index contributed by atoms with van der Waals surface area (Å²) in [5.74, 6) is -0.489. The lowest BCUT2D eigenvalue weighted by molar-refractivity contribution is -0.0500. The maximum atomic E-state index is 12.4. The van der Waals surface area contributed by atoms with Gasteiger partial charge in [0.2, 0.25) is 0 Å². The molecule has 0 saturated carbocycles. The van der Waals surface area contributed by atoms with Gasteiger partial charge >= 0.3 is 21.7 Å². The number of anilines is 1. The molecule has 1 saturated heterocycles. The van der Waals surface area contributed by atoms with Crippen molar-refractivity contribution in [1.82, 2.24) is 9.88 Å². The van der Waals surface area contributed by atoms with Crippen molar-refractivity contribution in [3.63, 3.8) is 0 Å². The number of hydrogen-bond donors (Lipinski definition) is 2. The topological polar surface area (TPSA) is 109 Å². The van der Waals surface area contributed by atoms with E-state index in [2.05, 4.69) is 14.5 Å². The average Bonchev–Trinajstić information content (AvgIpc) is 3.02. The molecule has 1 amide bonds. The second-order valence-electron chi connectivity index (χ2n) is 5.92. The first kappa shape index (κ1) is 19.0. The van der Waals surface area contributed by atoms with Crippen LogP contribution in [0.3, 0.4) is 0 Å². The highest BCUT2D eigenvalue weighted by atomic mass is 32.2. The highest BCUT2D eigenvalue weighted by Crippen LogP contribution is 2.29. The Kier molecular flexibility index (Phi) is 4.76. The molecule has 0 bridgehead atoms. The fourth-order valence-electron chi connectivity index (χ4n) is 2.70. The van der Waals surface area contributed by atoms with Crippen LogP contribution in [-0.2, 0) is 10.1 Å². The number of likely N-dealkylation sites (tertiary alicyclic amines) is 1. The Balaban J connectivity index is 1.79. The number of nitrogens with one attached hydrogen (secondary N) is 1. The van der Waals surface area contributed by atoms with Gasteiger partial charge in [0, 0.05) is 24.5 Å². The van der Waals surface area contributed by atoms with Crippen LogP contribution in [0.5, 0.6) is 5.75 Å². The van der Waals surface area contributed by atoms with Gasteiger partial charge in [0.05, 0.1) is 17.4 Å². The Bertz CT molecular complexity index is 980. The van der Waals surface area contributed by atoms with E-state index in [9.17, 15) is 26.4 Å². The van der Waals surface area contributed by atoms with Crippen molar-refractivity contribution in [2.75, 3.05) is 18.4 Å². The molecule has 2 aromatic rings. The summed E-state index contributed by atoms with van der Waals surface area (Å²) in [4.78, 5) is 16.3. The maximum Gasteiger partial charge on any atom is 0.534 e. The number of aromatic nitrogens is 1. The number of rotatable bonds is 4. The minimum atomic E-state index is -5.76. The Morgan fingerprint density at radius 3 is 2.70 bits per heavy atom. The SMILES string of the molecule is O=C(O)N1CCC(Nc2cnc3ccc(OS(=O)(=O)C(F)(F)F)cc3c2)C1. The number of alkyl halides is 3. The molecule has 1 atom stereocenters. The zero-order valence-corrected chi connectivity index (χ0v) is 14.4. The maximum absolute atomic E-state index is 12.4. The second-order valence-corrected chi connectivity index (χ2v) is 7.46. The number of fused-ring (bicyclic) bond motifs is 1. The third-order valence-corrected chi connectivity index (χ3v) is 4.95. The van der Waals surface area contributed by atoms with Gasteiger partial charge in [-0.3, -0.25) is 4.98 Å². The van der Waals surface area contributed by atoms with Gasteiger partial charge in [0.25, 0.3) is 0 Å². The molecule has 3 rings (SSSR count). The Labute approximate surface area is 151 Å². The van der Waals surface area contributed by atoms with Crippen molar-refractivity contribution in [1.29, 1.82) is 0 Å². The molecule has 1 aromatic carbocycles. The molecule has 0 radical (unpaired) electrons. The predicted molar refractivity (Wildman–Crippen MR) is 89.0 cm³/mol. The summed E-state index contributed by atoms with van der Waals surface area (Å²) < 4.78 is 63.6. The normalized spacial score (nSPS) is 17.9. The van der Waals surface area contributed by atoms with Crippen LogP contribution in [-0.4, -0.2) is 54.1 Å². The Hall–Kier alpha value is -2.76. The third kappa shape index (κ3) is 4.15. The largest absolute Gasteiger partial charge is 0.534 e. The van der Waals surface area contributed by atoms with Crippen molar-refractivity contribution >= 4 is 32.8 Å². The molecular formula is C15H14F3N3O5S. The minimum absolute atomic E-state index is 0.134. The van der Waals surface area contributed by atoms with Gasteiger partial charge in [0.1, 0.15) is 5.75 Å². The molecule has 1 aromatic heterocycles. The molecular weight excluding hydrogens is 391 g/mol. The highest BCUT2D eigenvalue weighted by molar-refractivity contribution is 7.88. The summed E-state index contributed by atoms with van der Waals surface area (Å²) in [5, 5.41) is 12.4. The standard InChI is InChI=1S/C15H14F3N3O5S/c16-15(17,18)27(24,25)26-12-1-2-13-9(6-12)5-11(7-19-13)20-10-3-4-21(8-10)14(22)23/h1-2,5-7,10,20H,3-4,8H2,(H,22,23). The number of halogens is 3. The number of carboxylic acid groups (broad SMARTS) is 1. The van der Waals surface area contributed by atoms with E-state index in [1.807, 2.05) is 0 Å². The van der Waals surface area contributed by atoms with Gasteiger partial charge in [-0.2, -0.15) is 21.6 Å². The summed E-state index contributed by atoms with van der Waals surface area (Å²) >= 11 is 0. The van der Waals surface area contributed by atoms with E-state index in [0.717, 1.165) is 12.1 Å². The Morgan fingerprint density at radius 2 is 2.07 bits per heavy atom. The molecule has 0 aliphatic carbocycles. The van der Waals surface area contributed by atoms with Crippen molar-refractivity contribution < 1.29 is 35.7 Å². The van der Waals surface area contributed by atoms with Crippen LogP contribution in [0.25, 0.3) is 10.9 Å². The average molecular weight is 405 g/mol. The van der Waals surface area contributed by atoms with Crippen molar-refractivity contribution in [3.8, 4) is 5.75 Å². The minimum Gasteiger partial charge on any atom is -0.465 e. The van der Waals surface area contributed by atoms with Gasteiger partial charge in [-0.1, -0.05) is 0 Å². The van der Waals surface area contributed by atoms with Gasteiger partial charge < -0.3 is 19.5 Å². The molecule has 27 heavy (non-hydrogen) atoms. The van der Waals surface area contributed by atoms with Crippen molar-refractivity contribution in [3.05, 3.63) is 30.5 Å². The smallest absolute Gasteiger partial charge is 0.465 e. The summed E-state index contributed by atoms with van der Waals surface area (Å²) in [5.41, 5.74) is -4.58. The second kappa shape index (κ2) is 6.76. The van der Waals surface area contributed by atoms with Crippen LogP contribution in [0.2, 0.25) is 0 Å². The van der Waals surface area contributed by atoms with Gasteiger partial charge in [-0.05, 0) is 30.7 Å². The number of nitrogens with zero attached hydrogens (tertiary/aromatic N) is 2. The molecule has 1 unspecified atom stereocenters. The molecule has 146 valence electrons. The number of pyridine rings is 1. The first-order valence-corrected chi connectivity index (χ1v) is 9.11. The van der Waals surface area contributed by atoms with Crippen LogP contribution in [0.4, 0.5) is 23.7 Å². The zero-order chi connectivity index (χ0) is 19.8. The van der Waals surface area contributed by atoms with Crippen molar-refractivity contribution in [2.24, 2.45) is 0 Å². The summed E-state index contributed by atoms with van der Waals surface area (Å²) in [6.45, 7) is 0.682. The molecule has 12 heteroatoms. The van der Waals surface area contributed by atoms with Crippen LogP contribution in [0.1, 0.15) is 6.42 Å². The quantitative estimate of drug-likeness (QED) is 0.595. The van der Waals surface area contributed by atoms with Crippen molar-refractivity contribution in [2.45, 2.75) is 18.0 Å². The number of amides is 1.